The number of carboxylic acids is 1. The van der Waals surface area contributed by atoms with Crippen LogP contribution in [0.25, 0.3) is 0 Å². The molecule has 118 valence electrons. The quantitative estimate of drug-likeness (QED) is 0.810. The highest BCUT2D eigenvalue weighted by Crippen LogP contribution is 2.30. The van der Waals surface area contributed by atoms with Crippen molar-refractivity contribution >= 4 is 17.8 Å². The molecule has 2 atom stereocenters. The first-order valence-corrected chi connectivity index (χ1v) is 7.66. The molecular weight excluding hydrogens is 272 g/mol. The highest BCUT2D eigenvalue weighted by atomic mass is 16.4. The Kier molecular flexibility index (Phi) is 4.54. The number of aliphatic carboxylic acids is 1. The van der Waals surface area contributed by atoms with Crippen molar-refractivity contribution < 1.29 is 19.5 Å². The number of carboxylic acid groups (broad SMARTS) is 1. The predicted octanol–water partition coefficient (Wildman–Crippen LogP) is 1.00. The van der Waals surface area contributed by atoms with Crippen LogP contribution in [0.4, 0.5) is 0 Å². The molecule has 0 bridgehead atoms. The van der Waals surface area contributed by atoms with Crippen LogP contribution in [-0.2, 0) is 14.4 Å². The highest BCUT2D eigenvalue weighted by Gasteiger charge is 2.43. The molecular formula is C15H24N2O4. The van der Waals surface area contributed by atoms with E-state index in [1.807, 2.05) is 0 Å². The normalized spacial score (nSPS) is 27.6. The number of likely N-dealkylation sites (tertiary alicyclic amines) is 1. The van der Waals surface area contributed by atoms with Gasteiger partial charge in [0.1, 0.15) is 6.04 Å². The van der Waals surface area contributed by atoms with E-state index in [9.17, 15) is 19.5 Å². The van der Waals surface area contributed by atoms with E-state index in [1.165, 1.54) is 0 Å². The second-order valence-corrected chi connectivity index (χ2v) is 6.59. The lowest BCUT2D eigenvalue weighted by molar-refractivity contribution is -0.147. The Bertz CT molecular complexity index is 445. The molecule has 0 aromatic rings. The average Bonchev–Trinajstić information content (AvgIpc) is 3.07. The summed E-state index contributed by atoms with van der Waals surface area (Å²) in [6.07, 6.45) is 4.39. The van der Waals surface area contributed by atoms with Crippen molar-refractivity contribution in [1.29, 1.82) is 0 Å². The molecule has 0 aromatic carbocycles. The summed E-state index contributed by atoms with van der Waals surface area (Å²) in [5.41, 5.74) is -0.870. The molecule has 2 aliphatic rings. The van der Waals surface area contributed by atoms with Crippen molar-refractivity contribution in [1.82, 2.24) is 10.2 Å². The molecule has 1 aliphatic heterocycles. The number of hydrogen-bond donors (Lipinski definition) is 2. The second-order valence-electron chi connectivity index (χ2n) is 6.59. The Balaban J connectivity index is 1.88. The summed E-state index contributed by atoms with van der Waals surface area (Å²) >= 11 is 0. The molecule has 1 heterocycles. The second kappa shape index (κ2) is 6.03. The van der Waals surface area contributed by atoms with Crippen LogP contribution in [-0.4, -0.2) is 46.9 Å². The van der Waals surface area contributed by atoms with Gasteiger partial charge < -0.3 is 15.3 Å². The van der Waals surface area contributed by atoms with Gasteiger partial charge in [0.25, 0.3) is 0 Å². The average molecular weight is 296 g/mol. The summed E-state index contributed by atoms with van der Waals surface area (Å²) in [5.74, 6) is -1.08. The fourth-order valence-electron chi connectivity index (χ4n) is 3.18. The largest absolute Gasteiger partial charge is 0.481 e. The Morgan fingerprint density at radius 3 is 2.43 bits per heavy atom. The van der Waals surface area contributed by atoms with Crippen molar-refractivity contribution in [3.05, 3.63) is 0 Å². The number of carbonyl (C=O) groups is 3. The Labute approximate surface area is 124 Å². The van der Waals surface area contributed by atoms with Gasteiger partial charge in [-0.05, 0) is 33.1 Å². The zero-order valence-corrected chi connectivity index (χ0v) is 12.7. The van der Waals surface area contributed by atoms with Gasteiger partial charge in [0.15, 0.2) is 0 Å². The molecule has 2 rings (SSSR count). The summed E-state index contributed by atoms with van der Waals surface area (Å²) in [5, 5.41) is 12.0. The highest BCUT2D eigenvalue weighted by molar-refractivity contribution is 5.89. The van der Waals surface area contributed by atoms with Crippen LogP contribution in [0.2, 0.25) is 0 Å². The lowest BCUT2D eigenvalue weighted by Gasteiger charge is -2.24. The van der Waals surface area contributed by atoms with Gasteiger partial charge in [-0.2, -0.15) is 0 Å². The van der Waals surface area contributed by atoms with Gasteiger partial charge in [0.05, 0.1) is 5.41 Å². The first-order valence-electron chi connectivity index (χ1n) is 7.66. The molecule has 2 N–H and O–H groups in total. The molecule has 0 aromatic heterocycles. The van der Waals surface area contributed by atoms with E-state index in [0.29, 0.717) is 13.0 Å². The summed E-state index contributed by atoms with van der Waals surface area (Å²) in [4.78, 5) is 37.1. The van der Waals surface area contributed by atoms with E-state index >= 15 is 0 Å². The first kappa shape index (κ1) is 15.8. The Morgan fingerprint density at radius 1 is 1.29 bits per heavy atom. The van der Waals surface area contributed by atoms with E-state index in [1.54, 1.807) is 18.7 Å². The molecule has 6 nitrogen and oxygen atoms in total. The van der Waals surface area contributed by atoms with Crippen molar-refractivity contribution in [2.45, 2.75) is 52.0 Å². The summed E-state index contributed by atoms with van der Waals surface area (Å²) < 4.78 is 0. The van der Waals surface area contributed by atoms with Crippen molar-refractivity contribution in [3.8, 4) is 0 Å². The monoisotopic (exact) mass is 296 g/mol. The summed E-state index contributed by atoms with van der Waals surface area (Å²) in [6.45, 7) is 3.98. The molecule has 1 saturated heterocycles. The van der Waals surface area contributed by atoms with E-state index in [0.717, 1.165) is 25.7 Å². The maximum atomic E-state index is 12.3. The van der Waals surface area contributed by atoms with Crippen LogP contribution >= 0.6 is 0 Å². The lowest BCUT2D eigenvalue weighted by Crippen LogP contribution is -2.48. The molecule has 21 heavy (non-hydrogen) atoms. The van der Waals surface area contributed by atoms with Crippen LogP contribution in [0.15, 0.2) is 0 Å². The molecule has 0 radical (unpaired) electrons. The zero-order valence-electron chi connectivity index (χ0n) is 12.7. The number of rotatable bonds is 4. The van der Waals surface area contributed by atoms with Gasteiger partial charge in [-0.25, -0.2) is 0 Å². The van der Waals surface area contributed by atoms with Crippen LogP contribution in [0.1, 0.15) is 46.0 Å². The van der Waals surface area contributed by atoms with Crippen molar-refractivity contribution in [3.63, 3.8) is 0 Å². The van der Waals surface area contributed by atoms with Gasteiger partial charge in [-0.15, -0.1) is 0 Å². The van der Waals surface area contributed by atoms with Crippen LogP contribution in [0, 0.1) is 11.3 Å². The molecule has 2 fully saturated rings. The third-order valence-electron chi connectivity index (χ3n) is 4.76. The van der Waals surface area contributed by atoms with Gasteiger partial charge in [-0.3, -0.25) is 14.4 Å². The van der Waals surface area contributed by atoms with Gasteiger partial charge in [0.2, 0.25) is 11.8 Å². The number of nitrogens with zero attached hydrogens (tertiary/aromatic N) is 1. The maximum Gasteiger partial charge on any atom is 0.311 e. The van der Waals surface area contributed by atoms with Crippen LogP contribution in [0.5, 0.6) is 0 Å². The SMILES string of the molecule is CC(NC(=O)C1CCCC1)C(=O)N1CCC(C)(C(=O)O)C1. The fourth-order valence-corrected chi connectivity index (χ4v) is 3.18. The van der Waals surface area contributed by atoms with Gasteiger partial charge in [-0.1, -0.05) is 12.8 Å². The van der Waals surface area contributed by atoms with Crippen molar-refractivity contribution in [2.75, 3.05) is 13.1 Å². The van der Waals surface area contributed by atoms with Gasteiger partial charge >= 0.3 is 5.97 Å². The number of hydrogen-bond acceptors (Lipinski definition) is 3. The molecule has 6 heteroatoms. The molecule has 2 unspecified atom stereocenters. The molecule has 0 spiro atoms. The minimum Gasteiger partial charge on any atom is -0.481 e. The maximum absolute atomic E-state index is 12.3. The minimum absolute atomic E-state index is 0.0307. The Hall–Kier alpha value is -1.59. The standard InChI is InChI=1S/C15H24N2O4/c1-10(16-12(18)11-5-3-4-6-11)13(19)17-8-7-15(2,9-17)14(20)21/h10-11H,3-9H2,1-2H3,(H,16,18)(H,20,21). The Morgan fingerprint density at radius 2 is 1.90 bits per heavy atom. The number of carbonyl (C=O) groups excluding carboxylic acids is 2. The van der Waals surface area contributed by atoms with Crippen LogP contribution < -0.4 is 5.32 Å². The number of amides is 2. The van der Waals surface area contributed by atoms with Crippen molar-refractivity contribution in [2.24, 2.45) is 11.3 Å². The van der Waals surface area contributed by atoms with Gasteiger partial charge in [0, 0.05) is 19.0 Å². The minimum atomic E-state index is -0.875. The summed E-state index contributed by atoms with van der Waals surface area (Å²) in [7, 11) is 0. The van der Waals surface area contributed by atoms with E-state index in [4.69, 9.17) is 0 Å². The summed E-state index contributed by atoms with van der Waals surface area (Å²) in [6, 6.07) is -0.589. The van der Waals surface area contributed by atoms with E-state index < -0.39 is 17.4 Å². The topological polar surface area (TPSA) is 86.7 Å². The molecule has 2 amide bonds. The predicted molar refractivity (Wildman–Crippen MR) is 76.5 cm³/mol. The van der Waals surface area contributed by atoms with Crippen LogP contribution in [0.3, 0.4) is 0 Å². The zero-order chi connectivity index (χ0) is 15.6. The fraction of sp³-hybridized carbons (Fsp3) is 0.800. The molecule has 1 saturated carbocycles. The number of nitrogens with one attached hydrogen (secondary N) is 1. The lowest BCUT2D eigenvalue weighted by atomic mass is 9.90. The molecule has 1 aliphatic carbocycles. The third kappa shape index (κ3) is 3.36. The van der Waals surface area contributed by atoms with E-state index in [-0.39, 0.29) is 24.3 Å². The first-order chi connectivity index (χ1) is 9.83. The third-order valence-corrected chi connectivity index (χ3v) is 4.76. The van der Waals surface area contributed by atoms with E-state index in [2.05, 4.69) is 5.32 Å². The smallest absolute Gasteiger partial charge is 0.311 e.